The maximum atomic E-state index is 5.93. The summed E-state index contributed by atoms with van der Waals surface area (Å²) >= 11 is 5.93. The van der Waals surface area contributed by atoms with Crippen LogP contribution in [0.1, 0.15) is 44.6 Å². The largest absolute Gasteiger partial charge is 0.314 e. The van der Waals surface area contributed by atoms with Crippen molar-refractivity contribution in [2.24, 2.45) is 5.92 Å². The van der Waals surface area contributed by atoms with Crippen molar-refractivity contribution in [1.29, 1.82) is 0 Å². The first kappa shape index (κ1) is 13.9. The van der Waals surface area contributed by atoms with Crippen LogP contribution in [-0.4, -0.2) is 12.6 Å². The van der Waals surface area contributed by atoms with Crippen LogP contribution >= 0.6 is 11.6 Å². The van der Waals surface area contributed by atoms with Gasteiger partial charge in [-0.25, -0.2) is 0 Å². The van der Waals surface area contributed by atoms with Gasteiger partial charge in [0.2, 0.25) is 0 Å². The maximum absolute atomic E-state index is 5.93. The summed E-state index contributed by atoms with van der Waals surface area (Å²) in [6.07, 6.45) is 7.89. The molecule has 1 aromatic rings. The van der Waals surface area contributed by atoms with Crippen LogP contribution in [0, 0.1) is 5.92 Å². The molecule has 2 rings (SSSR count). The second-order valence-electron chi connectivity index (χ2n) is 5.52. The standard InChI is InChI=1S/C16H24ClN/c1-2-3-4-14(12-18-16-9-10-16)11-13-5-7-15(17)8-6-13/h5-8,14,16,18H,2-4,9-12H2,1H3. The third-order valence-electron chi connectivity index (χ3n) is 3.68. The van der Waals surface area contributed by atoms with Gasteiger partial charge in [0.25, 0.3) is 0 Å². The van der Waals surface area contributed by atoms with Crippen LogP contribution in [0.25, 0.3) is 0 Å². The van der Waals surface area contributed by atoms with E-state index in [9.17, 15) is 0 Å². The van der Waals surface area contributed by atoms with Crippen LogP contribution < -0.4 is 5.32 Å². The van der Waals surface area contributed by atoms with Gasteiger partial charge in [-0.2, -0.15) is 0 Å². The van der Waals surface area contributed by atoms with Gasteiger partial charge in [0.1, 0.15) is 0 Å². The molecule has 0 saturated heterocycles. The molecule has 1 aromatic carbocycles. The van der Waals surface area contributed by atoms with Crippen molar-refractivity contribution in [1.82, 2.24) is 5.32 Å². The van der Waals surface area contributed by atoms with Crippen LogP contribution in [-0.2, 0) is 6.42 Å². The minimum absolute atomic E-state index is 0.770. The van der Waals surface area contributed by atoms with Gasteiger partial charge in [0.05, 0.1) is 0 Å². The quantitative estimate of drug-likeness (QED) is 0.733. The summed E-state index contributed by atoms with van der Waals surface area (Å²) in [7, 11) is 0. The first-order valence-corrected chi connectivity index (χ1v) is 7.63. The summed E-state index contributed by atoms with van der Waals surface area (Å²) in [6, 6.07) is 9.15. The van der Waals surface area contributed by atoms with Gasteiger partial charge in [0.15, 0.2) is 0 Å². The fourth-order valence-corrected chi connectivity index (χ4v) is 2.47. The fraction of sp³-hybridized carbons (Fsp3) is 0.625. The van der Waals surface area contributed by atoms with Crippen LogP contribution in [0.2, 0.25) is 5.02 Å². The van der Waals surface area contributed by atoms with Crippen LogP contribution in [0.5, 0.6) is 0 Å². The summed E-state index contributed by atoms with van der Waals surface area (Å²) < 4.78 is 0. The van der Waals surface area contributed by atoms with E-state index < -0.39 is 0 Å². The Kier molecular flexibility index (Phi) is 5.52. The Morgan fingerprint density at radius 1 is 1.28 bits per heavy atom. The smallest absolute Gasteiger partial charge is 0.0406 e. The molecule has 0 heterocycles. The Morgan fingerprint density at radius 3 is 2.61 bits per heavy atom. The predicted octanol–water partition coefficient (Wildman–Crippen LogP) is 4.44. The van der Waals surface area contributed by atoms with E-state index in [1.165, 1.54) is 50.6 Å². The molecule has 1 N–H and O–H groups in total. The minimum atomic E-state index is 0.770. The molecule has 0 aromatic heterocycles. The van der Waals surface area contributed by atoms with Crippen molar-refractivity contribution in [3.05, 3.63) is 34.9 Å². The highest BCUT2D eigenvalue weighted by Gasteiger charge is 2.21. The van der Waals surface area contributed by atoms with E-state index >= 15 is 0 Å². The van der Waals surface area contributed by atoms with Crippen molar-refractivity contribution >= 4 is 11.6 Å². The Balaban J connectivity index is 1.83. The highest BCUT2D eigenvalue weighted by atomic mass is 35.5. The number of benzene rings is 1. The summed E-state index contributed by atoms with van der Waals surface area (Å²) in [4.78, 5) is 0. The van der Waals surface area contributed by atoms with Crippen molar-refractivity contribution < 1.29 is 0 Å². The normalized spacial score (nSPS) is 16.8. The number of rotatable bonds is 8. The van der Waals surface area contributed by atoms with E-state index in [0.717, 1.165) is 17.0 Å². The average molecular weight is 266 g/mol. The van der Waals surface area contributed by atoms with Crippen molar-refractivity contribution in [3.63, 3.8) is 0 Å². The lowest BCUT2D eigenvalue weighted by Crippen LogP contribution is -2.26. The molecule has 0 aliphatic heterocycles. The monoisotopic (exact) mass is 265 g/mol. The first-order valence-electron chi connectivity index (χ1n) is 7.25. The molecule has 0 radical (unpaired) electrons. The summed E-state index contributed by atoms with van der Waals surface area (Å²) in [5.74, 6) is 0.770. The molecular formula is C16H24ClN. The molecular weight excluding hydrogens is 242 g/mol. The van der Waals surface area contributed by atoms with E-state index in [2.05, 4.69) is 24.4 Å². The highest BCUT2D eigenvalue weighted by molar-refractivity contribution is 6.30. The maximum Gasteiger partial charge on any atom is 0.0406 e. The van der Waals surface area contributed by atoms with Crippen LogP contribution in [0.4, 0.5) is 0 Å². The summed E-state index contributed by atoms with van der Waals surface area (Å²) in [5, 5.41) is 4.50. The second kappa shape index (κ2) is 7.16. The van der Waals surface area contributed by atoms with Gasteiger partial charge in [-0.3, -0.25) is 0 Å². The van der Waals surface area contributed by atoms with Crippen molar-refractivity contribution in [2.75, 3.05) is 6.54 Å². The van der Waals surface area contributed by atoms with Gasteiger partial charge in [-0.1, -0.05) is 43.5 Å². The molecule has 100 valence electrons. The third kappa shape index (κ3) is 4.99. The zero-order valence-corrected chi connectivity index (χ0v) is 12.0. The SMILES string of the molecule is CCCCC(CNC1CC1)Cc1ccc(Cl)cc1. The van der Waals surface area contributed by atoms with Crippen LogP contribution in [0.3, 0.4) is 0 Å². The van der Waals surface area contributed by atoms with E-state index in [0.29, 0.717) is 0 Å². The van der Waals surface area contributed by atoms with Gasteiger partial charge < -0.3 is 5.32 Å². The van der Waals surface area contributed by atoms with Gasteiger partial charge >= 0.3 is 0 Å². The topological polar surface area (TPSA) is 12.0 Å². The molecule has 1 fully saturated rings. The lowest BCUT2D eigenvalue weighted by Gasteiger charge is -2.17. The number of halogens is 1. The summed E-state index contributed by atoms with van der Waals surface area (Å²) in [6.45, 7) is 3.45. The molecule has 1 nitrogen and oxygen atoms in total. The lowest BCUT2D eigenvalue weighted by atomic mass is 9.94. The molecule has 0 bridgehead atoms. The highest BCUT2D eigenvalue weighted by Crippen LogP contribution is 2.21. The molecule has 1 aliphatic rings. The fourth-order valence-electron chi connectivity index (χ4n) is 2.34. The average Bonchev–Trinajstić information content (AvgIpc) is 3.19. The first-order chi connectivity index (χ1) is 8.78. The lowest BCUT2D eigenvalue weighted by molar-refractivity contribution is 0.427. The van der Waals surface area contributed by atoms with Gasteiger partial charge in [-0.05, 0) is 55.8 Å². The molecule has 1 saturated carbocycles. The molecule has 1 atom stereocenters. The Hall–Kier alpha value is -0.530. The molecule has 1 unspecified atom stereocenters. The van der Waals surface area contributed by atoms with Crippen molar-refractivity contribution in [3.8, 4) is 0 Å². The minimum Gasteiger partial charge on any atom is -0.314 e. The van der Waals surface area contributed by atoms with E-state index in [1.807, 2.05) is 12.1 Å². The number of hydrogen-bond donors (Lipinski definition) is 1. The Bertz CT molecular complexity index is 343. The van der Waals surface area contributed by atoms with Crippen LogP contribution in [0.15, 0.2) is 24.3 Å². The zero-order valence-electron chi connectivity index (χ0n) is 11.3. The molecule has 0 amide bonds. The van der Waals surface area contributed by atoms with Gasteiger partial charge in [-0.15, -0.1) is 0 Å². The molecule has 18 heavy (non-hydrogen) atoms. The van der Waals surface area contributed by atoms with E-state index in [-0.39, 0.29) is 0 Å². The van der Waals surface area contributed by atoms with Gasteiger partial charge in [0, 0.05) is 11.1 Å². The number of hydrogen-bond acceptors (Lipinski definition) is 1. The Labute approximate surface area is 116 Å². The number of unbranched alkanes of at least 4 members (excludes halogenated alkanes) is 1. The van der Waals surface area contributed by atoms with E-state index in [4.69, 9.17) is 11.6 Å². The Morgan fingerprint density at radius 2 is 2.00 bits per heavy atom. The van der Waals surface area contributed by atoms with Crippen molar-refractivity contribution in [2.45, 2.75) is 51.5 Å². The third-order valence-corrected chi connectivity index (χ3v) is 3.93. The van der Waals surface area contributed by atoms with E-state index in [1.54, 1.807) is 0 Å². The zero-order chi connectivity index (χ0) is 12.8. The number of nitrogens with one attached hydrogen (secondary N) is 1. The molecule has 1 aliphatic carbocycles. The second-order valence-corrected chi connectivity index (χ2v) is 5.96. The summed E-state index contributed by atoms with van der Waals surface area (Å²) in [5.41, 5.74) is 1.41. The molecule has 0 spiro atoms. The molecule has 2 heteroatoms. The predicted molar refractivity (Wildman–Crippen MR) is 79.2 cm³/mol.